The molecule has 6 rings (SSSR count). The number of hydrogen-bond acceptors (Lipinski definition) is 6. The standard InChI is InChI=1S/C27H23N3O6/c1-17-7-11-20(12-8-17)29-23(19-9-13-21(14-10-19)30(33)34)27(26(29)32)24-25(31)28(16-22(35-24)36-27)15-18-5-3-2-4-6-18/h2-14,22-24H,15-16H2,1H3/t22-,23+,24-,27+/m0/s1. The molecular weight excluding hydrogens is 462 g/mol. The fourth-order valence-electron chi connectivity index (χ4n) is 5.33. The van der Waals surface area contributed by atoms with Crippen LogP contribution in [0.15, 0.2) is 78.9 Å². The van der Waals surface area contributed by atoms with Crippen LogP contribution in [0.1, 0.15) is 22.7 Å². The van der Waals surface area contributed by atoms with Gasteiger partial charge >= 0.3 is 0 Å². The van der Waals surface area contributed by atoms with Gasteiger partial charge in [0.15, 0.2) is 12.4 Å². The van der Waals surface area contributed by atoms with Gasteiger partial charge in [-0.1, -0.05) is 48.0 Å². The predicted molar refractivity (Wildman–Crippen MR) is 129 cm³/mol. The molecule has 3 aromatic carbocycles. The van der Waals surface area contributed by atoms with Gasteiger partial charge < -0.3 is 14.4 Å². The predicted octanol–water partition coefficient (Wildman–Crippen LogP) is 3.51. The number of non-ortho nitro benzene ring substituents is 1. The van der Waals surface area contributed by atoms with Crippen molar-refractivity contribution in [2.75, 3.05) is 11.4 Å². The van der Waals surface area contributed by atoms with E-state index in [2.05, 4.69) is 0 Å². The average Bonchev–Trinajstić information content (AvgIpc) is 3.23. The maximum absolute atomic E-state index is 13.8. The number of nitro groups is 1. The number of fused-ring (bicyclic) bond motifs is 3. The van der Waals surface area contributed by atoms with E-state index in [1.807, 2.05) is 61.5 Å². The Morgan fingerprint density at radius 3 is 2.36 bits per heavy atom. The minimum atomic E-state index is -1.55. The minimum absolute atomic E-state index is 0.0622. The molecule has 3 aliphatic heterocycles. The molecule has 3 aliphatic rings. The average molecular weight is 485 g/mol. The second-order valence-electron chi connectivity index (χ2n) is 9.32. The van der Waals surface area contributed by atoms with E-state index >= 15 is 0 Å². The van der Waals surface area contributed by atoms with Gasteiger partial charge in [0.05, 0.1) is 11.5 Å². The Morgan fingerprint density at radius 1 is 1.00 bits per heavy atom. The summed E-state index contributed by atoms with van der Waals surface area (Å²) in [5.41, 5.74) is 1.67. The molecule has 1 spiro atoms. The first-order valence-corrected chi connectivity index (χ1v) is 11.7. The number of aryl methyl sites for hydroxylation is 1. The fourth-order valence-corrected chi connectivity index (χ4v) is 5.33. The number of benzene rings is 3. The number of morpholine rings is 1. The van der Waals surface area contributed by atoms with E-state index in [1.165, 1.54) is 12.1 Å². The third kappa shape index (κ3) is 3.31. The van der Waals surface area contributed by atoms with Gasteiger partial charge in [-0.05, 0) is 42.3 Å². The van der Waals surface area contributed by atoms with E-state index in [1.54, 1.807) is 21.9 Å². The summed E-state index contributed by atoms with van der Waals surface area (Å²) in [5.74, 6) is -0.673. The zero-order valence-electron chi connectivity index (χ0n) is 19.4. The lowest BCUT2D eigenvalue weighted by atomic mass is 9.73. The highest BCUT2D eigenvalue weighted by Crippen LogP contribution is 2.55. The Labute approximate surface area is 207 Å². The maximum atomic E-state index is 13.8. The molecule has 4 atom stereocenters. The number of nitrogens with zero attached hydrogens (tertiary/aromatic N) is 3. The highest BCUT2D eigenvalue weighted by Gasteiger charge is 2.75. The Morgan fingerprint density at radius 2 is 1.69 bits per heavy atom. The number of anilines is 1. The van der Waals surface area contributed by atoms with Crippen molar-refractivity contribution in [3.63, 3.8) is 0 Å². The molecular formula is C27H23N3O6. The number of rotatable bonds is 5. The minimum Gasteiger partial charge on any atom is -0.334 e. The molecule has 0 radical (unpaired) electrons. The molecule has 3 fully saturated rings. The van der Waals surface area contributed by atoms with Crippen molar-refractivity contribution < 1.29 is 24.0 Å². The molecule has 36 heavy (non-hydrogen) atoms. The summed E-state index contributed by atoms with van der Waals surface area (Å²) in [4.78, 5) is 41.4. The summed E-state index contributed by atoms with van der Waals surface area (Å²) >= 11 is 0. The lowest BCUT2D eigenvalue weighted by Gasteiger charge is -2.54. The third-order valence-electron chi connectivity index (χ3n) is 7.07. The summed E-state index contributed by atoms with van der Waals surface area (Å²) in [6.45, 7) is 2.54. The van der Waals surface area contributed by atoms with Crippen LogP contribution in [0, 0.1) is 17.0 Å². The smallest absolute Gasteiger partial charge is 0.269 e. The largest absolute Gasteiger partial charge is 0.334 e. The van der Waals surface area contributed by atoms with Crippen molar-refractivity contribution in [1.29, 1.82) is 0 Å². The Balaban J connectivity index is 1.39. The topological polar surface area (TPSA) is 102 Å². The number of ether oxygens (including phenoxy) is 2. The number of amides is 2. The third-order valence-corrected chi connectivity index (χ3v) is 7.07. The van der Waals surface area contributed by atoms with Crippen LogP contribution < -0.4 is 4.90 Å². The van der Waals surface area contributed by atoms with Gasteiger partial charge in [0.25, 0.3) is 17.5 Å². The first-order chi connectivity index (χ1) is 17.4. The van der Waals surface area contributed by atoms with Gasteiger partial charge in [-0.2, -0.15) is 0 Å². The van der Waals surface area contributed by atoms with Crippen molar-refractivity contribution in [1.82, 2.24) is 4.90 Å². The van der Waals surface area contributed by atoms with Gasteiger partial charge in [0.2, 0.25) is 5.60 Å². The number of nitro benzene ring substituents is 1. The van der Waals surface area contributed by atoms with Crippen LogP contribution in [-0.4, -0.2) is 46.2 Å². The Kier molecular flexibility index (Phi) is 5.13. The molecule has 9 nitrogen and oxygen atoms in total. The van der Waals surface area contributed by atoms with Crippen molar-refractivity contribution in [3.05, 3.63) is 106 Å². The SMILES string of the molecule is Cc1ccc(N2C(=O)[C@@]3(O[C@H]4CN(Cc5ccccc5)C(=O)[C@@H]3O4)[C@H]2c2ccc([N+](=O)[O-])cc2)cc1. The summed E-state index contributed by atoms with van der Waals surface area (Å²) < 4.78 is 12.2. The molecule has 2 bridgehead atoms. The number of carbonyl (C=O) groups is 2. The van der Waals surface area contributed by atoms with Crippen LogP contribution in [0.5, 0.6) is 0 Å². The monoisotopic (exact) mass is 485 g/mol. The number of carbonyl (C=O) groups excluding carboxylic acids is 2. The van der Waals surface area contributed by atoms with Crippen molar-refractivity contribution in [2.45, 2.75) is 37.5 Å². The molecule has 182 valence electrons. The van der Waals surface area contributed by atoms with Crippen molar-refractivity contribution >= 4 is 23.2 Å². The molecule has 0 aromatic heterocycles. The molecule has 0 unspecified atom stereocenters. The Hall–Kier alpha value is -4.08. The van der Waals surface area contributed by atoms with Gasteiger partial charge in [-0.25, -0.2) is 0 Å². The summed E-state index contributed by atoms with van der Waals surface area (Å²) in [5, 5.41) is 11.2. The molecule has 0 saturated carbocycles. The highest BCUT2D eigenvalue weighted by atomic mass is 16.8. The lowest BCUT2D eigenvalue weighted by Crippen LogP contribution is -2.74. The van der Waals surface area contributed by atoms with Crippen molar-refractivity contribution in [3.8, 4) is 0 Å². The quantitative estimate of drug-likeness (QED) is 0.311. The molecule has 0 aliphatic carbocycles. The second-order valence-corrected chi connectivity index (χ2v) is 9.32. The van der Waals surface area contributed by atoms with Crippen LogP contribution in [0.4, 0.5) is 11.4 Å². The van der Waals surface area contributed by atoms with Gasteiger partial charge in [0.1, 0.15) is 6.04 Å². The van der Waals surface area contributed by atoms with E-state index in [9.17, 15) is 19.7 Å². The van der Waals surface area contributed by atoms with Gasteiger partial charge in [-0.3, -0.25) is 24.6 Å². The molecule has 3 aromatic rings. The first kappa shape index (κ1) is 22.4. The normalized spacial score (nSPS) is 26.9. The lowest BCUT2D eigenvalue weighted by molar-refractivity contribution is -0.384. The van der Waals surface area contributed by atoms with Gasteiger partial charge in [0, 0.05) is 24.4 Å². The molecule has 3 heterocycles. The van der Waals surface area contributed by atoms with E-state index in [0.717, 1.165) is 11.1 Å². The molecule has 3 saturated heterocycles. The number of β-lactam (4-membered cyclic amide) rings is 1. The second kappa shape index (κ2) is 8.25. The van der Waals surface area contributed by atoms with Crippen LogP contribution >= 0.6 is 0 Å². The van der Waals surface area contributed by atoms with Gasteiger partial charge in [-0.15, -0.1) is 0 Å². The van der Waals surface area contributed by atoms with Crippen LogP contribution in [0.2, 0.25) is 0 Å². The highest BCUT2D eigenvalue weighted by molar-refractivity contribution is 6.12. The zero-order valence-corrected chi connectivity index (χ0v) is 19.4. The number of hydrogen-bond donors (Lipinski definition) is 0. The Bertz CT molecular complexity index is 1340. The van der Waals surface area contributed by atoms with E-state index in [-0.39, 0.29) is 24.0 Å². The van der Waals surface area contributed by atoms with E-state index < -0.39 is 29.0 Å². The molecule has 0 N–H and O–H groups in total. The van der Waals surface area contributed by atoms with Crippen LogP contribution in [-0.2, 0) is 25.6 Å². The van der Waals surface area contributed by atoms with Crippen LogP contribution in [0.3, 0.4) is 0 Å². The summed E-state index contributed by atoms with van der Waals surface area (Å²) in [7, 11) is 0. The van der Waals surface area contributed by atoms with Crippen molar-refractivity contribution in [2.24, 2.45) is 0 Å². The zero-order chi connectivity index (χ0) is 25.0. The first-order valence-electron chi connectivity index (χ1n) is 11.7. The molecule has 2 amide bonds. The van der Waals surface area contributed by atoms with Crippen LogP contribution in [0.25, 0.3) is 0 Å². The van der Waals surface area contributed by atoms with E-state index in [4.69, 9.17) is 9.47 Å². The fraction of sp³-hybridized carbons (Fsp3) is 0.259. The summed E-state index contributed by atoms with van der Waals surface area (Å²) in [6.07, 6.45) is -1.87. The molecule has 9 heteroatoms. The van der Waals surface area contributed by atoms with E-state index in [0.29, 0.717) is 17.8 Å². The maximum Gasteiger partial charge on any atom is 0.269 e. The summed E-state index contributed by atoms with van der Waals surface area (Å²) in [6, 6.07) is 22.4.